The third-order valence-electron chi connectivity index (χ3n) is 4.66. The van der Waals surface area contributed by atoms with E-state index in [0.29, 0.717) is 22.9 Å². The maximum Gasteiger partial charge on any atom is 0.329 e. The molecule has 28 heavy (non-hydrogen) atoms. The number of fused-ring (bicyclic) bond motifs is 1. The van der Waals surface area contributed by atoms with Gasteiger partial charge < -0.3 is 4.57 Å². The van der Waals surface area contributed by atoms with Crippen molar-refractivity contribution in [3.8, 4) is 0 Å². The normalized spacial score (nSPS) is 11.2. The summed E-state index contributed by atoms with van der Waals surface area (Å²) in [5, 5.41) is 0.672. The lowest BCUT2D eigenvalue weighted by atomic mass is 10.1. The Morgan fingerprint density at radius 2 is 1.57 bits per heavy atom. The van der Waals surface area contributed by atoms with Gasteiger partial charge in [0.15, 0.2) is 16.3 Å². The Bertz CT molecular complexity index is 1270. The predicted molar refractivity (Wildman–Crippen MR) is 111 cm³/mol. The van der Waals surface area contributed by atoms with Crippen LogP contribution in [0.25, 0.3) is 11.2 Å². The van der Waals surface area contributed by atoms with Crippen LogP contribution in [0, 0.1) is 13.8 Å². The Labute approximate surface area is 165 Å². The molecule has 0 unspecified atom stereocenters. The van der Waals surface area contributed by atoms with Gasteiger partial charge in [0.2, 0.25) is 0 Å². The Hall–Kier alpha value is -3.06. The lowest BCUT2D eigenvalue weighted by Gasteiger charge is -2.09. The van der Waals surface area contributed by atoms with Gasteiger partial charge in [-0.15, -0.1) is 0 Å². The van der Waals surface area contributed by atoms with E-state index in [-0.39, 0.29) is 0 Å². The van der Waals surface area contributed by atoms with E-state index >= 15 is 0 Å². The molecule has 4 rings (SSSR count). The number of aromatic nitrogens is 4. The number of hydrogen-bond acceptors (Lipinski definition) is 4. The molecule has 0 aliphatic rings. The van der Waals surface area contributed by atoms with E-state index < -0.39 is 11.2 Å². The maximum absolute atomic E-state index is 12.6. The monoisotopic (exact) mass is 392 g/mol. The van der Waals surface area contributed by atoms with Crippen LogP contribution in [0.1, 0.15) is 16.7 Å². The molecule has 0 aliphatic carbocycles. The van der Waals surface area contributed by atoms with E-state index in [2.05, 4.69) is 9.97 Å². The zero-order valence-corrected chi connectivity index (χ0v) is 16.7. The molecule has 142 valence electrons. The lowest BCUT2D eigenvalue weighted by Crippen LogP contribution is -2.29. The van der Waals surface area contributed by atoms with Crippen LogP contribution in [-0.4, -0.2) is 19.1 Å². The first kappa shape index (κ1) is 18.3. The summed E-state index contributed by atoms with van der Waals surface area (Å²) in [6.07, 6.45) is 0. The van der Waals surface area contributed by atoms with Gasteiger partial charge in [-0.3, -0.25) is 14.3 Å². The molecule has 0 amide bonds. The van der Waals surface area contributed by atoms with Crippen molar-refractivity contribution < 1.29 is 0 Å². The minimum atomic E-state index is -0.468. The van der Waals surface area contributed by atoms with Gasteiger partial charge in [0.25, 0.3) is 5.56 Å². The minimum Gasteiger partial charge on any atom is -0.308 e. The molecule has 6 nitrogen and oxygen atoms in total. The highest BCUT2D eigenvalue weighted by Crippen LogP contribution is 2.29. The Kier molecular flexibility index (Phi) is 4.68. The average Bonchev–Trinajstić information content (AvgIpc) is 3.02. The molecule has 0 radical (unpaired) electrons. The fourth-order valence-corrected chi connectivity index (χ4v) is 3.91. The zero-order valence-electron chi connectivity index (χ0n) is 15.9. The SMILES string of the molecule is Cc1ccc(Cn2c(Sc3ccc(C)cc3)nc3c2c(=O)[nH]c(=O)n3C)cc1. The largest absolute Gasteiger partial charge is 0.329 e. The van der Waals surface area contributed by atoms with Gasteiger partial charge in [-0.1, -0.05) is 59.3 Å². The van der Waals surface area contributed by atoms with Crippen molar-refractivity contribution in [1.29, 1.82) is 0 Å². The third-order valence-corrected chi connectivity index (χ3v) is 5.67. The van der Waals surface area contributed by atoms with Crippen molar-refractivity contribution in [3.05, 3.63) is 86.1 Å². The Morgan fingerprint density at radius 1 is 0.964 bits per heavy atom. The van der Waals surface area contributed by atoms with Crippen molar-refractivity contribution >= 4 is 22.9 Å². The van der Waals surface area contributed by atoms with Crippen LogP contribution in [0.3, 0.4) is 0 Å². The van der Waals surface area contributed by atoms with Gasteiger partial charge in [-0.25, -0.2) is 9.78 Å². The first-order chi connectivity index (χ1) is 13.4. The van der Waals surface area contributed by atoms with Crippen molar-refractivity contribution in [2.45, 2.75) is 30.4 Å². The highest BCUT2D eigenvalue weighted by molar-refractivity contribution is 7.99. The fraction of sp³-hybridized carbons (Fsp3) is 0.190. The fourth-order valence-electron chi connectivity index (χ4n) is 3.03. The van der Waals surface area contributed by atoms with E-state index in [1.807, 2.05) is 66.9 Å². The molecule has 0 atom stereocenters. The van der Waals surface area contributed by atoms with Gasteiger partial charge in [-0.05, 0) is 31.5 Å². The topological polar surface area (TPSA) is 72.7 Å². The van der Waals surface area contributed by atoms with Crippen LogP contribution in [0.4, 0.5) is 0 Å². The Balaban J connectivity index is 1.89. The second-order valence-electron chi connectivity index (χ2n) is 6.87. The molecule has 0 bridgehead atoms. The van der Waals surface area contributed by atoms with E-state index in [0.717, 1.165) is 10.5 Å². The van der Waals surface area contributed by atoms with Crippen molar-refractivity contribution in [3.63, 3.8) is 0 Å². The summed E-state index contributed by atoms with van der Waals surface area (Å²) in [5.41, 5.74) is 3.31. The molecule has 4 aromatic rings. The highest BCUT2D eigenvalue weighted by Gasteiger charge is 2.18. The van der Waals surface area contributed by atoms with Crippen LogP contribution >= 0.6 is 11.8 Å². The van der Waals surface area contributed by atoms with Gasteiger partial charge >= 0.3 is 5.69 Å². The number of rotatable bonds is 4. The summed E-state index contributed by atoms with van der Waals surface area (Å²) < 4.78 is 3.25. The van der Waals surface area contributed by atoms with Crippen LogP contribution in [0.2, 0.25) is 0 Å². The average molecular weight is 392 g/mol. The molecule has 2 heterocycles. The molecule has 0 fully saturated rings. The highest BCUT2D eigenvalue weighted by atomic mass is 32.2. The van der Waals surface area contributed by atoms with Crippen LogP contribution in [0.5, 0.6) is 0 Å². The number of H-pyrrole nitrogens is 1. The van der Waals surface area contributed by atoms with Crippen molar-refractivity contribution in [1.82, 2.24) is 19.1 Å². The molecule has 7 heteroatoms. The summed E-state index contributed by atoms with van der Waals surface area (Å²) in [6.45, 7) is 4.57. The summed E-state index contributed by atoms with van der Waals surface area (Å²) in [7, 11) is 1.62. The number of nitrogens with zero attached hydrogens (tertiary/aromatic N) is 3. The lowest BCUT2D eigenvalue weighted by molar-refractivity contribution is 0.728. The van der Waals surface area contributed by atoms with Gasteiger partial charge in [-0.2, -0.15) is 0 Å². The molecule has 0 saturated heterocycles. The smallest absolute Gasteiger partial charge is 0.308 e. The number of hydrogen-bond donors (Lipinski definition) is 1. The Morgan fingerprint density at radius 3 is 2.21 bits per heavy atom. The second kappa shape index (κ2) is 7.16. The first-order valence-corrected chi connectivity index (χ1v) is 9.73. The van der Waals surface area contributed by atoms with Crippen LogP contribution < -0.4 is 11.2 Å². The summed E-state index contributed by atoms with van der Waals surface area (Å²) in [6, 6.07) is 16.3. The van der Waals surface area contributed by atoms with E-state index in [1.165, 1.54) is 27.5 Å². The zero-order chi connectivity index (χ0) is 19.8. The van der Waals surface area contributed by atoms with Gasteiger partial charge in [0.05, 0.1) is 6.54 Å². The predicted octanol–water partition coefficient (Wildman–Crippen LogP) is 3.24. The summed E-state index contributed by atoms with van der Waals surface area (Å²) in [5.74, 6) is 0. The number of aromatic amines is 1. The van der Waals surface area contributed by atoms with Gasteiger partial charge in [0, 0.05) is 11.9 Å². The van der Waals surface area contributed by atoms with Gasteiger partial charge in [0.1, 0.15) is 0 Å². The molecule has 0 aliphatic heterocycles. The molecule has 2 aromatic heterocycles. The molecular weight excluding hydrogens is 372 g/mol. The van der Waals surface area contributed by atoms with Crippen molar-refractivity contribution in [2.75, 3.05) is 0 Å². The van der Waals surface area contributed by atoms with E-state index in [4.69, 9.17) is 0 Å². The van der Waals surface area contributed by atoms with E-state index in [1.54, 1.807) is 7.05 Å². The number of benzene rings is 2. The summed E-state index contributed by atoms with van der Waals surface area (Å²) >= 11 is 1.48. The van der Waals surface area contributed by atoms with Crippen LogP contribution in [-0.2, 0) is 13.6 Å². The number of aryl methyl sites for hydroxylation is 3. The molecule has 1 N–H and O–H groups in total. The maximum atomic E-state index is 12.6. The second-order valence-corrected chi connectivity index (χ2v) is 7.91. The molecule has 2 aromatic carbocycles. The molecule has 0 saturated carbocycles. The third kappa shape index (κ3) is 3.41. The number of nitrogens with one attached hydrogen (secondary N) is 1. The van der Waals surface area contributed by atoms with E-state index in [9.17, 15) is 9.59 Å². The number of imidazole rings is 1. The van der Waals surface area contributed by atoms with Crippen molar-refractivity contribution in [2.24, 2.45) is 7.05 Å². The standard InChI is InChI=1S/C21H20N4O2S/c1-13-4-8-15(9-5-13)12-25-17-18(24(3)20(27)23-19(17)26)22-21(25)28-16-10-6-14(2)7-11-16/h4-11H,12H2,1-3H3,(H,23,26,27). The van der Waals surface area contributed by atoms with Crippen LogP contribution in [0.15, 0.2) is 68.2 Å². The summed E-state index contributed by atoms with van der Waals surface area (Å²) in [4.78, 5) is 32.6. The molecule has 0 spiro atoms. The molecular formula is C21H20N4O2S. The quantitative estimate of drug-likeness (QED) is 0.579. The minimum absolute atomic E-state index is 0.385. The first-order valence-electron chi connectivity index (χ1n) is 8.92.